The third-order valence-corrected chi connectivity index (χ3v) is 3.56. The largest absolute Gasteiger partial charge is 0.439 e. The van der Waals surface area contributed by atoms with Crippen LogP contribution in [-0.2, 0) is 0 Å². The molecule has 0 radical (unpaired) electrons. The van der Waals surface area contributed by atoms with Crippen LogP contribution in [-0.4, -0.2) is 9.97 Å². The maximum atomic E-state index is 5.87. The first-order valence-electron chi connectivity index (χ1n) is 6.20. The minimum atomic E-state index is 0.331. The molecule has 2 aromatic rings. The first-order valence-corrected chi connectivity index (χ1v) is 7.40. The van der Waals surface area contributed by atoms with E-state index in [2.05, 4.69) is 40.8 Å². The van der Waals surface area contributed by atoms with Gasteiger partial charge in [-0.2, -0.15) is 0 Å². The standard InChI is InChI=1S/C15H15BrN2OS/c1-9(2)12-8-11(16)3-4-13(12)19-14-7-10(15(17)20)5-6-18-14/h3-9H,1-2H3,(H2,17,20). The molecule has 20 heavy (non-hydrogen) atoms. The molecule has 0 amide bonds. The molecule has 0 bridgehead atoms. The Balaban J connectivity index is 2.35. The van der Waals surface area contributed by atoms with Crippen molar-refractivity contribution in [3.63, 3.8) is 0 Å². The average molecular weight is 351 g/mol. The second-order valence-electron chi connectivity index (χ2n) is 4.69. The van der Waals surface area contributed by atoms with Gasteiger partial charge in [-0.25, -0.2) is 4.98 Å². The number of aromatic nitrogens is 1. The molecule has 1 heterocycles. The molecule has 0 aliphatic rings. The van der Waals surface area contributed by atoms with Gasteiger partial charge in [-0.15, -0.1) is 0 Å². The van der Waals surface area contributed by atoms with Crippen LogP contribution >= 0.6 is 28.1 Å². The Morgan fingerprint density at radius 2 is 2.05 bits per heavy atom. The fourth-order valence-electron chi connectivity index (χ4n) is 1.79. The SMILES string of the molecule is CC(C)c1cc(Br)ccc1Oc1cc(C(N)=S)ccn1. The number of hydrogen-bond donors (Lipinski definition) is 1. The molecule has 1 aromatic carbocycles. The van der Waals surface area contributed by atoms with Crippen LogP contribution in [0.25, 0.3) is 0 Å². The Bertz CT molecular complexity index is 644. The summed E-state index contributed by atoms with van der Waals surface area (Å²) in [6.07, 6.45) is 1.64. The molecule has 0 saturated heterocycles. The fraction of sp³-hybridized carbons (Fsp3) is 0.200. The van der Waals surface area contributed by atoms with Crippen LogP contribution < -0.4 is 10.5 Å². The molecule has 0 saturated carbocycles. The van der Waals surface area contributed by atoms with Crippen molar-refractivity contribution >= 4 is 33.1 Å². The molecular formula is C15H15BrN2OS. The highest BCUT2D eigenvalue weighted by Gasteiger charge is 2.10. The first kappa shape index (κ1) is 14.9. The van der Waals surface area contributed by atoms with Gasteiger partial charge < -0.3 is 10.5 Å². The highest BCUT2D eigenvalue weighted by Crippen LogP contribution is 2.32. The van der Waals surface area contributed by atoms with Crippen molar-refractivity contribution in [2.75, 3.05) is 0 Å². The van der Waals surface area contributed by atoms with Crippen LogP contribution in [0.4, 0.5) is 0 Å². The van der Waals surface area contributed by atoms with Gasteiger partial charge in [0.05, 0.1) is 0 Å². The van der Waals surface area contributed by atoms with Gasteiger partial charge in [0, 0.05) is 22.3 Å². The second kappa shape index (κ2) is 6.33. The molecule has 0 aliphatic heterocycles. The molecule has 0 spiro atoms. The number of hydrogen-bond acceptors (Lipinski definition) is 3. The van der Waals surface area contributed by atoms with Gasteiger partial charge in [0.15, 0.2) is 0 Å². The summed E-state index contributed by atoms with van der Waals surface area (Å²) in [4.78, 5) is 4.52. The predicted molar refractivity (Wildman–Crippen MR) is 88.4 cm³/mol. The lowest BCUT2D eigenvalue weighted by Crippen LogP contribution is -2.09. The third-order valence-electron chi connectivity index (χ3n) is 2.83. The van der Waals surface area contributed by atoms with Crippen molar-refractivity contribution in [3.8, 4) is 11.6 Å². The summed E-state index contributed by atoms with van der Waals surface area (Å²) in [7, 11) is 0. The van der Waals surface area contributed by atoms with Crippen LogP contribution in [0.2, 0.25) is 0 Å². The van der Waals surface area contributed by atoms with Crippen LogP contribution in [0.3, 0.4) is 0 Å². The number of nitrogens with zero attached hydrogens (tertiary/aromatic N) is 1. The quantitative estimate of drug-likeness (QED) is 0.830. The van der Waals surface area contributed by atoms with Crippen LogP contribution in [0.1, 0.15) is 30.9 Å². The molecule has 3 nitrogen and oxygen atoms in total. The van der Waals surface area contributed by atoms with E-state index in [1.165, 1.54) is 0 Å². The number of thiocarbonyl (C=S) groups is 1. The van der Waals surface area contributed by atoms with E-state index in [0.29, 0.717) is 16.8 Å². The summed E-state index contributed by atoms with van der Waals surface area (Å²) < 4.78 is 6.90. The Kier molecular flexibility index (Phi) is 4.73. The normalized spacial score (nSPS) is 10.6. The number of pyridine rings is 1. The van der Waals surface area contributed by atoms with Gasteiger partial charge in [-0.05, 0) is 35.7 Å². The van der Waals surface area contributed by atoms with E-state index in [-0.39, 0.29) is 0 Å². The van der Waals surface area contributed by atoms with E-state index >= 15 is 0 Å². The Morgan fingerprint density at radius 3 is 2.70 bits per heavy atom. The van der Waals surface area contributed by atoms with Crippen molar-refractivity contribution < 1.29 is 4.74 Å². The van der Waals surface area contributed by atoms with Gasteiger partial charge in [-0.1, -0.05) is 42.0 Å². The number of ether oxygens (including phenoxy) is 1. The minimum Gasteiger partial charge on any atom is -0.439 e. The zero-order chi connectivity index (χ0) is 14.7. The molecule has 0 fully saturated rings. The minimum absolute atomic E-state index is 0.331. The smallest absolute Gasteiger partial charge is 0.219 e. The highest BCUT2D eigenvalue weighted by molar-refractivity contribution is 9.10. The lowest BCUT2D eigenvalue weighted by atomic mass is 10.0. The number of nitrogens with two attached hydrogens (primary N) is 1. The van der Waals surface area contributed by atoms with E-state index in [4.69, 9.17) is 22.7 Å². The highest BCUT2D eigenvalue weighted by atomic mass is 79.9. The Morgan fingerprint density at radius 1 is 1.30 bits per heavy atom. The average Bonchev–Trinajstić information content (AvgIpc) is 2.41. The van der Waals surface area contributed by atoms with E-state index in [9.17, 15) is 0 Å². The molecule has 104 valence electrons. The molecule has 1 aromatic heterocycles. The molecule has 0 unspecified atom stereocenters. The van der Waals surface area contributed by atoms with Gasteiger partial charge in [-0.3, -0.25) is 0 Å². The van der Waals surface area contributed by atoms with Crippen LogP contribution in [0.5, 0.6) is 11.6 Å². The van der Waals surface area contributed by atoms with Gasteiger partial charge in [0.2, 0.25) is 5.88 Å². The van der Waals surface area contributed by atoms with Gasteiger partial charge in [0.1, 0.15) is 10.7 Å². The topological polar surface area (TPSA) is 48.1 Å². The van der Waals surface area contributed by atoms with Crippen LogP contribution in [0, 0.1) is 0 Å². The number of rotatable bonds is 4. The third kappa shape index (κ3) is 3.55. The van der Waals surface area contributed by atoms with E-state index in [0.717, 1.165) is 21.3 Å². The summed E-state index contributed by atoms with van der Waals surface area (Å²) in [6, 6.07) is 9.43. The maximum absolute atomic E-state index is 5.87. The summed E-state index contributed by atoms with van der Waals surface area (Å²) in [6.45, 7) is 4.24. The fourth-order valence-corrected chi connectivity index (χ4v) is 2.30. The van der Waals surface area contributed by atoms with Gasteiger partial charge >= 0.3 is 0 Å². The van der Waals surface area contributed by atoms with E-state index in [1.54, 1.807) is 18.3 Å². The molecule has 2 N–H and O–H groups in total. The number of halogens is 1. The summed E-state index contributed by atoms with van der Waals surface area (Å²) in [5.74, 6) is 1.62. The summed E-state index contributed by atoms with van der Waals surface area (Å²) >= 11 is 8.43. The Labute approximate surface area is 132 Å². The predicted octanol–water partition coefficient (Wildman–Crippen LogP) is 4.39. The molecule has 2 rings (SSSR count). The number of benzene rings is 1. The maximum Gasteiger partial charge on any atom is 0.219 e. The lowest BCUT2D eigenvalue weighted by molar-refractivity contribution is 0.454. The van der Waals surface area contributed by atoms with Crippen molar-refractivity contribution in [1.82, 2.24) is 4.98 Å². The first-order chi connectivity index (χ1) is 9.47. The zero-order valence-electron chi connectivity index (χ0n) is 11.3. The van der Waals surface area contributed by atoms with Crippen molar-refractivity contribution in [1.29, 1.82) is 0 Å². The van der Waals surface area contributed by atoms with E-state index in [1.807, 2.05) is 12.1 Å². The Hall–Kier alpha value is -1.46. The van der Waals surface area contributed by atoms with Crippen molar-refractivity contribution in [2.24, 2.45) is 5.73 Å². The van der Waals surface area contributed by atoms with Crippen molar-refractivity contribution in [2.45, 2.75) is 19.8 Å². The van der Waals surface area contributed by atoms with E-state index < -0.39 is 0 Å². The molecule has 0 aliphatic carbocycles. The molecule has 5 heteroatoms. The van der Waals surface area contributed by atoms with Crippen LogP contribution in [0.15, 0.2) is 41.0 Å². The van der Waals surface area contributed by atoms with Gasteiger partial charge in [0.25, 0.3) is 0 Å². The second-order valence-corrected chi connectivity index (χ2v) is 6.04. The molecular weight excluding hydrogens is 336 g/mol. The summed E-state index contributed by atoms with van der Waals surface area (Å²) in [5.41, 5.74) is 7.47. The summed E-state index contributed by atoms with van der Waals surface area (Å²) in [5, 5.41) is 0. The lowest BCUT2D eigenvalue weighted by Gasteiger charge is -2.14. The monoisotopic (exact) mass is 350 g/mol. The molecule has 0 atom stereocenters. The van der Waals surface area contributed by atoms with Crippen molar-refractivity contribution in [3.05, 3.63) is 52.1 Å². The zero-order valence-corrected chi connectivity index (χ0v) is 13.7.